The molecule has 0 aliphatic heterocycles. The normalized spacial score (nSPS) is 10.8. The van der Waals surface area contributed by atoms with Gasteiger partial charge in [-0.2, -0.15) is 0 Å². The first-order valence-corrected chi connectivity index (χ1v) is 8.38. The number of nitrogens with zero attached hydrogens (tertiary/aromatic N) is 1. The summed E-state index contributed by atoms with van der Waals surface area (Å²) < 4.78 is 42.9. The van der Waals surface area contributed by atoms with Crippen LogP contribution in [0.2, 0.25) is 0 Å². The Balaban J connectivity index is 2.47. The van der Waals surface area contributed by atoms with Crippen LogP contribution in [0.4, 0.5) is 11.4 Å². The summed E-state index contributed by atoms with van der Waals surface area (Å²) in [5, 5.41) is 10.8. The van der Waals surface area contributed by atoms with Gasteiger partial charge in [0.05, 0.1) is 38.0 Å². The van der Waals surface area contributed by atoms with E-state index in [-0.39, 0.29) is 27.8 Å². The minimum absolute atomic E-state index is 0.0136. The van der Waals surface area contributed by atoms with E-state index in [9.17, 15) is 18.5 Å². The molecule has 0 fully saturated rings. The van der Waals surface area contributed by atoms with Gasteiger partial charge in [-0.3, -0.25) is 14.8 Å². The van der Waals surface area contributed by atoms with Crippen LogP contribution in [0.5, 0.6) is 17.2 Å². The van der Waals surface area contributed by atoms with Crippen molar-refractivity contribution >= 4 is 21.4 Å². The van der Waals surface area contributed by atoms with Gasteiger partial charge in [0.25, 0.3) is 15.7 Å². The van der Waals surface area contributed by atoms with E-state index in [1.807, 2.05) is 0 Å². The first-order chi connectivity index (χ1) is 11.8. The van der Waals surface area contributed by atoms with E-state index in [1.165, 1.54) is 45.6 Å². The maximum atomic E-state index is 12.7. The molecular formula is C15H16N2O7S. The molecule has 0 atom stereocenters. The SMILES string of the molecule is COc1ccc(OC)c(S(=O)(=O)Nc2ccc([N+](=O)[O-])cc2OC)c1. The Bertz CT molecular complexity index is 897. The van der Waals surface area contributed by atoms with E-state index in [0.717, 1.165) is 6.07 Å². The molecule has 0 heterocycles. The molecule has 25 heavy (non-hydrogen) atoms. The molecule has 9 nitrogen and oxygen atoms in total. The fraction of sp³-hybridized carbons (Fsp3) is 0.200. The van der Waals surface area contributed by atoms with E-state index in [4.69, 9.17) is 14.2 Å². The zero-order valence-corrected chi connectivity index (χ0v) is 14.5. The molecule has 0 aromatic heterocycles. The molecule has 1 N–H and O–H groups in total. The van der Waals surface area contributed by atoms with Crippen LogP contribution in [-0.4, -0.2) is 34.7 Å². The maximum Gasteiger partial charge on any atom is 0.273 e. The van der Waals surface area contributed by atoms with Crippen LogP contribution in [0.1, 0.15) is 0 Å². The number of methoxy groups -OCH3 is 3. The van der Waals surface area contributed by atoms with Crippen molar-refractivity contribution in [2.45, 2.75) is 4.90 Å². The lowest BCUT2D eigenvalue weighted by Gasteiger charge is -2.14. The second-order valence-electron chi connectivity index (χ2n) is 4.76. The summed E-state index contributed by atoms with van der Waals surface area (Å²) in [5.41, 5.74) is -0.170. The number of sulfonamides is 1. The van der Waals surface area contributed by atoms with E-state index >= 15 is 0 Å². The Morgan fingerprint density at radius 3 is 2.20 bits per heavy atom. The number of rotatable bonds is 7. The molecule has 0 bridgehead atoms. The van der Waals surface area contributed by atoms with Gasteiger partial charge in [-0.05, 0) is 18.2 Å². The Kier molecular flexibility index (Phi) is 5.32. The molecule has 10 heteroatoms. The number of benzene rings is 2. The number of hydrogen-bond donors (Lipinski definition) is 1. The van der Waals surface area contributed by atoms with Gasteiger partial charge < -0.3 is 14.2 Å². The van der Waals surface area contributed by atoms with Crippen molar-refractivity contribution in [3.63, 3.8) is 0 Å². The Morgan fingerprint density at radius 2 is 1.64 bits per heavy atom. The zero-order valence-electron chi connectivity index (χ0n) is 13.7. The van der Waals surface area contributed by atoms with Crippen LogP contribution in [0, 0.1) is 10.1 Å². The van der Waals surface area contributed by atoms with Crippen LogP contribution < -0.4 is 18.9 Å². The van der Waals surface area contributed by atoms with Gasteiger partial charge in [0.2, 0.25) is 0 Å². The number of hydrogen-bond acceptors (Lipinski definition) is 7. The minimum Gasteiger partial charge on any atom is -0.497 e. The highest BCUT2D eigenvalue weighted by atomic mass is 32.2. The summed E-state index contributed by atoms with van der Waals surface area (Å²) in [6, 6.07) is 7.87. The first kappa shape index (κ1) is 18.3. The third-order valence-electron chi connectivity index (χ3n) is 3.30. The molecule has 0 amide bonds. The molecule has 2 aromatic rings. The predicted molar refractivity (Wildman–Crippen MR) is 90.0 cm³/mol. The molecule has 0 spiro atoms. The lowest BCUT2D eigenvalue weighted by Crippen LogP contribution is -2.15. The van der Waals surface area contributed by atoms with Crippen molar-refractivity contribution in [3.8, 4) is 17.2 Å². The van der Waals surface area contributed by atoms with E-state index in [2.05, 4.69) is 4.72 Å². The molecule has 0 radical (unpaired) electrons. The molecule has 134 valence electrons. The van der Waals surface area contributed by atoms with E-state index in [1.54, 1.807) is 6.07 Å². The van der Waals surface area contributed by atoms with Crippen LogP contribution in [-0.2, 0) is 10.0 Å². The topological polar surface area (TPSA) is 117 Å². The second-order valence-corrected chi connectivity index (χ2v) is 6.41. The van der Waals surface area contributed by atoms with Crippen molar-refractivity contribution in [1.29, 1.82) is 0 Å². The molecular weight excluding hydrogens is 352 g/mol. The van der Waals surface area contributed by atoms with E-state index in [0.29, 0.717) is 5.75 Å². The fourth-order valence-corrected chi connectivity index (χ4v) is 3.33. The number of ether oxygens (including phenoxy) is 3. The monoisotopic (exact) mass is 368 g/mol. The third-order valence-corrected chi connectivity index (χ3v) is 4.69. The summed E-state index contributed by atoms with van der Waals surface area (Å²) >= 11 is 0. The number of non-ortho nitro benzene ring substituents is 1. The third kappa shape index (κ3) is 3.91. The summed E-state index contributed by atoms with van der Waals surface area (Å²) in [5.74, 6) is 0.464. The molecule has 0 saturated carbocycles. The number of nitrogens with one attached hydrogen (secondary N) is 1. The number of nitro benzene ring substituents is 1. The molecule has 2 rings (SSSR count). The van der Waals surface area contributed by atoms with Gasteiger partial charge in [-0.15, -0.1) is 0 Å². The van der Waals surface area contributed by atoms with Crippen LogP contribution >= 0.6 is 0 Å². The molecule has 0 aliphatic rings. The Hall–Kier alpha value is -3.01. The Labute approximate surface area is 144 Å². The highest BCUT2D eigenvalue weighted by Gasteiger charge is 2.23. The summed E-state index contributed by atoms with van der Waals surface area (Å²) in [7, 11) is -0.0302. The predicted octanol–water partition coefficient (Wildman–Crippen LogP) is 2.42. The van der Waals surface area contributed by atoms with Crippen molar-refractivity contribution in [1.82, 2.24) is 0 Å². The quantitative estimate of drug-likeness (QED) is 0.589. The smallest absolute Gasteiger partial charge is 0.273 e. The second kappa shape index (κ2) is 7.26. The highest BCUT2D eigenvalue weighted by Crippen LogP contribution is 2.34. The maximum absolute atomic E-state index is 12.7. The summed E-state index contributed by atoms with van der Waals surface area (Å²) in [6.45, 7) is 0. The average molecular weight is 368 g/mol. The van der Waals surface area contributed by atoms with Crippen molar-refractivity contribution < 1.29 is 27.6 Å². The van der Waals surface area contributed by atoms with Crippen molar-refractivity contribution in [2.24, 2.45) is 0 Å². The molecule has 0 aliphatic carbocycles. The first-order valence-electron chi connectivity index (χ1n) is 6.89. The van der Waals surface area contributed by atoms with Gasteiger partial charge in [0, 0.05) is 12.1 Å². The summed E-state index contributed by atoms with van der Waals surface area (Å²) in [4.78, 5) is 10.1. The van der Waals surface area contributed by atoms with Gasteiger partial charge in [0.1, 0.15) is 22.1 Å². The van der Waals surface area contributed by atoms with Gasteiger partial charge in [-0.25, -0.2) is 8.42 Å². The highest BCUT2D eigenvalue weighted by molar-refractivity contribution is 7.92. The van der Waals surface area contributed by atoms with Crippen molar-refractivity contribution in [2.75, 3.05) is 26.1 Å². The number of nitro groups is 1. The van der Waals surface area contributed by atoms with Gasteiger partial charge in [-0.1, -0.05) is 0 Å². The van der Waals surface area contributed by atoms with E-state index < -0.39 is 14.9 Å². The molecule has 0 saturated heterocycles. The van der Waals surface area contributed by atoms with Crippen LogP contribution in [0.25, 0.3) is 0 Å². The van der Waals surface area contributed by atoms with Crippen LogP contribution in [0.3, 0.4) is 0 Å². The fourth-order valence-electron chi connectivity index (χ4n) is 2.07. The largest absolute Gasteiger partial charge is 0.497 e. The lowest BCUT2D eigenvalue weighted by molar-refractivity contribution is -0.384. The zero-order chi connectivity index (χ0) is 18.6. The van der Waals surface area contributed by atoms with Gasteiger partial charge in [0.15, 0.2) is 0 Å². The standard InChI is InChI=1S/C15H16N2O7S/c1-22-11-5-7-13(23-2)15(9-11)25(20,21)16-12-6-4-10(17(18)19)8-14(12)24-3/h4-9,16H,1-3H3. The van der Waals surface area contributed by atoms with Crippen molar-refractivity contribution in [3.05, 3.63) is 46.5 Å². The average Bonchev–Trinajstić information content (AvgIpc) is 2.60. The summed E-state index contributed by atoms with van der Waals surface area (Å²) in [6.07, 6.45) is 0. The minimum atomic E-state index is -4.06. The molecule has 0 unspecified atom stereocenters. The molecule has 2 aromatic carbocycles. The number of anilines is 1. The Morgan fingerprint density at radius 1 is 0.960 bits per heavy atom. The lowest BCUT2D eigenvalue weighted by atomic mass is 10.2. The van der Waals surface area contributed by atoms with Gasteiger partial charge >= 0.3 is 0 Å². The van der Waals surface area contributed by atoms with Crippen LogP contribution in [0.15, 0.2) is 41.3 Å².